The van der Waals surface area contributed by atoms with Gasteiger partial charge in [0.1, 0.15) is 6.54 Å². The third kappa shape index (κ3) is 20.0. The van der Waals surface area contributed by atoms with Gasteiger partial charge in [0.2, 0.25) is 0 Å². The second-order valence-corrected chi connectivity index (χ2v) is 9.78. The van der Waals surface area contributed by atoms with Crippen LogP contribution in [-0.4, -0.2) is 50.2 Å². The van der Waals surface area contributed by atoms with E-state index in [4.69, 9.17) is 4.74 Å². The molecule has 2 unspecified atom stereocenters. The first-order valence-corrected chi connectivity index (χ1v) is 11.8. The molecule has 172 valence electrons. The van der Waals surface area contributed by atoms with Gasteiger partial charge in [0.05, 0.1) is 21.1 Å². The maximum atomic E-state index is 12.0. The Labute approximate surface area is 179 Å². The Morgan fingerprint density at radius 2 is 1.38 bits per heavy atom. The van der Waals surface area contributed by atoms with Gasteiger partial charge in [0.15, 0.2) is 6.10 Å². The number of carbonyl (C=O) groups is 2. The van der Waals surface area contributed by atoms with Gasteiger partial charge >= 0.3 is 5.97 Å². The van der Waals surface area contributed by atoms with Gasteiger partial charge in [-0.15, -0.1) is 0 Å². The fraction of sp³-hybridized carbons (Fsp3) is 0.917. The van der Waals surface area contributed by atoms with Crippen LogP contribution in [0.15, 0.2) is 0 Å². The number of quaternary nitrogens is 1. The molecule has 0 N–H and O–H groups in total. The normalized spacial score (nSPS) is 13.8. The Hall–Kier alpha value is -1.10. The number of likely N-dealkylation sites (N-methyl/N-ethyl adjacent to an activating group) is 1. The van der Waals surface area contributed by atoms with Crippen molar-refractivity contribution < 1.29 is 23.9 Å². The number of hydrogen-bond donors (Lipinski definition) is 0. The van der Waals surface area contributed by atoms with Crippen LogP contribution in [0.3, 0.4) is 0 Å². The van der Waals surface area contributed by atoms with Crippen molar-refractivity contribution in [3.05, 3.63) is 0 Å². The van der Waals surface area contributed by atoms with E-state index in [1.807, 2.05) is 21.1 Å². The average Bonchev–Trinajstić information content (AvgIpc) is 2.58. The molecule has 0 aromatic rings. The van der Waals surface area contributed by atoms with E-state index >= 15 is 0 Å². The molecule has 29 heavy (non-hydrogen) atoms. The van der Waals surface area contributed by atoms with Gasteiger partial charge < -0.3 is 19.1 Å². The molecule has 0 aliphatic rings. The highest BCUT2D eigenvalue weighted by Crippen LogP contribution is 2.18. The minimum Gasteiger partial charge on any atom is -0.550 e. The molecular formula is C24H47NO4. The Morgan fingerprint density at radius 3 is 1.90 bits per heavy atom. The monoisotopic (exact) mass is 413 g/mol. The quantitative estimate of drug-likeness (QED) is 0.178. The number of esters is 1. The first-order valence-electron chi connectivity index (χ1n) is 11.8. The zero-order chi connectivity index (χ0) is 22.1. The highest BCUT2D eigenvalue weighted by molar-refractivity contribution is 5.70. The summed E-state index contributed by atoms with van der Waals surface area (Å²) in [6, 6.07) is 0. The third-order valence-electron chi connectivity index (χ3n) is 5.32. The number of rotatable bonds is 19. The molecule has 0 rings (SSSR count). The van der Waals surface area contributed by atoms with Crippen molar-refractivity contribution in [1.29, 1.82) is 0 Å². The molecule has 0 aromatic carbocycles. The number of aliphatic carboxylic acids is 1. The van der Waals surface area contributed by atoms with Gasteiger partial charge in [-0.1, -0.05) is 84.5 Å². The maximum absolute atomic E-state index is 12.0. The summed E-state index contributed by atoms with van der Waals surface area (Å²) < 4.78 is 5.93. The molecule has 0 aromatic heterocycles. The van der Waals surface area contributed by atoms with E-state index in [9.17, 15) is 14.7 Å². The van der Waals surface area contributed by atoms with Gasteiger partial charge in [-0.25, -0.2) is 0 Å². The van der Waals surface area contributed by atoms with Crippen molar-refractivity contribution in [2.24, 2.45) is 5.92 Å². The molecule has 0 heterocycles. The van der Waals surface area contributed by atoms with Gasteiger partial charge in [-0.2, -0.15) is 0 Å². The predicted octanol–water partition coefficient (Wildman–Crippen LogP) is 4.47. The van der Waals surface area contributed by atoms with Gasteiger partial charge in [0.25, 0.3) is 0 Å². The summed E-state index contributed by atoms with van der Waals surface area (Å²) in [6.45, 7) is 5.08. The van der Waals surface area contributed by atoms with Gasteiger partial charge in [-0.3, -0.25) is 4.79 Å². The lowest BCUT2D eigenvalue weighted by Crippen LogP contribution is -2.45. The van der Waals surface area contributed by atoms with Crippen molar-refractivity contribution >= 4 is 11.9 Å². The summed E-state index contributed by atoms with van der Waals surface area (Å²) in [5, 5.41) is 10.9. The van der Waals surface area contributed by atoms with E-state index in [1.54, 1.807) is 0 Å². The van der Waals surface area contributed by atoms with Crippen LogP contribution in [0.1, 0.15) is 104 Å². The SMILES string of the molecule is CCCCCCCCC(C)CCCCCCC(=O)OC(CC(=O)[O-])C[N+](C)(C)C. The fourth-order valence-electron chi connectivity index (χ4n) is 3.72. The number of unbranched alkanes of at least 4 members (excludes halogenated alkanes) is 8. The molecule has 0 aliphatic heterocycles. The van der Waals surface area contributed by atoms with Crippen LogP contribution in [0.25, 0.3) is 0 Å². The molecule has 5 heteroatoms. The van der Waals surface area contributed by atoms with Crippen LogP contribution < -0.4 is 5.11 Å². The van der Waals surface area contributed by atoms with Crippen LogP contribution >= 0.6 is 0 Å². The fourth-order valence-corrected chi connectivity index (χ4v) is 3.72. The Bertz CT molecular complexity index is 431. The lowest BCUT2D eigenvalue weighted by molar-refractivity contribution is -0.873. The lowest BCUT2D eigenvalue weighted by atomic mass is 9.96. The first-order chi connectivity index (χ1) is 13.6. The highest BCUT2D eigenvalue weighted by atomic mass is 16.5. The van der Waals surface area contributed by atoms with E-state index in [-0.39, 0.29) is 12.4 Å². The minimum atomic E-state index is -1.17. The molecule has 2 atom stereocenters. The van der Waals surface area contributed by atoms with Crippen LogP contribution in [0, 0.1) is 5.92 Å². The zero-order valence-electron chi connectivity index (χ0n) is 19.8. The number of hydrogen-bond acceptors (Lipinski definition) is 4. The smallest absolute Gasteiger partial charge is 0.306 e. The molecule has 0 saturated heterocycles. The number of carboxylic acids is 1. The van der Waals surface area contributed by atoms with E-state index in [0.717, 1.165) is 25.2 Å². The lowest BCUT2D eigenvalue weighted by Gasteiger charge is -2.29. The minimum absolute atomic E-state index is 0.238. The van der Waals surface area contributed by atoms with Gasteiger partial charge in [-0.05, 0) is 12.3 Å². The van der Waals surface area contributed by atoms with Crippen LogP contribution in [0.2, 0.25) is 0 Å². The molecule has 0 spiro atoms. The maximum Gasteiger partial charge on any atom is 0.306 e. The summed E-state index contributed by atoms with van der Waals surface area (Å²) in [4.78, 5) is 22.9. The Balaban J connectivity index is 3.77. The largest absolute Gasteiger partial charge is 0.550 e. The zero-order valence-corrected chi connectivity index (χ0v) is 19.8. The Kier molecular flexibility index (Phi) is 16.0. The van der Waals surface area contributed by atoms with Crippen molar-refractivity contribution in [3.8, 4) is 0 Å². The molecule has 0 amide bonds. The number of carboxylic acid groups (broad SMARTS) is 1. The average molecular weight is 414 g/mol. The molecule has 0 fully saturated rings. The summed E-state index contributed by atoms with van der Waals surface area (Å²) in [5.41, 5.74) is 0. The van der Waals surface area contributed by atoms with E-state index < -0.39 is 12.1 Å². The van der Waals surface area contributed by atoms with E-state index in [2.05, 4.69) is 13.8 Å². The van der Waals surface area contributed by atoms with Crippen molar-refractivity contribution in [1.82, 2.24) is 0 Å². The number of nitrogens with zero attached hydrogens (tertiary/aromatic N) is 1. The number of carbonyl (C=O) groups excluding carboxylic acids is 2. The van der Waals surface area contributed by atoms with E-state index in [1.165, 1.54) is 57.8 Å². The van der Waals surface area contributed by atoms with E-state index in [0.29, 0.717) is 17.4 Å². The topological polar surface area (TPSA) is 66.4 Å². The molecule has 0 saturated carbocycles. The van der Waals surface area contributed by atoms with Gasteiger partial charge in [0, 0.05) is 18.8 Å². The number of ether oxygens (including phenoxy) is 1. The second-order valence-electron chi connectivity index (χ2n) is 9.78. The first kappa shape index (κ1) is 27.9. The van der Waals surface area contributed by atoms with Crippen molar-refractivity contribution in [2.45, 2.75) is 110 Å². The van der Waals surface area contributed by atoms with Crippen LogP contribution in [-0.2, 0) is 14.3 Å². The second kappa shape index (κ2) is 16.7. The molecule has 0 bridgehead atoms. The van der Waals surface area contributed by atoms with Crippen LogP contribution in [0.4, 0.5) is 0 Å². The molecule has 0 radical (unpaired) electrons. The van der Waals surface area contributed by atoms with Crippen LogP contribution in [0.5, 0.6) is 0 Å². The summed E-state index contributed by atoms with van der Waals surface area (Å²) in [6.07, 6.45) is 14.5. The Morgan fingerprint density at radius 1 is 0.862 bits per heavy atom. The molecule has 5 nitrogen and oxygen atoms in total. The molecule has 0 aliphatic carbocycles. The predicted molar refractivity (Wildman–Crippen MR) is 117 cm³/mol. The van der Waals surface area contributed by atoms with Crippen molar-refractivity contribution in [3.63, 3.8) is 0 Å². The summed E-state index contributed by atoms with van der Waals surface area (Å²) in [7, 11) is 5.84. The van der Waals surface area contributed by atoms with Crippen molar-refractivity contribution in [2.75, 3.05) is 27.7 Å². The highest BCUT2D eigenvalue weighted by Gasteiger charge is 2.22. The summed E-state index contributed by atoms with van der Waals surface area (Å²) >= 11 is 0. The molecular weight excluding hydrogens is 366 g/mol. The standard InChI is InChI=1S/C24H47NO4/c1-6-7-8-9-10-13-16-21(2)17-14-11-12-15-18-24(28)29-22(19-23(26)27)20-25(3,4)5/h21-22H,6-20H2,1-5H3. The third-order valence-corrected chi connectivity index (χ3v) is 5.32. The summed E-state index contributed by atoms with van der Waals surface area (Å²) in [5.74, 6) is -0.667.